The van der Waals surface area contributed by atoms with Gasteiger partial charge in [-0.1, -0.05) is 13.8 Å². The summed E-state index contributed by atoms with van der Waals surface area (Å²) in [4.78, 5) is 11.7. The molecular formula is C14H25NO3. The molecule has 0 bridgehead atoms. The van der Waals surface area contributed by atoms with Gasteiger partial charge in [-0.2, -0.15) is 0 Å². The zero-order valence-electron chi connectivity index (χ0n) is 11.7. The highest BCUT2D eigenvalue weighted by Gasteiger charge is 2.34. The molecule has 0 aromatic heterocycles. The third-order valence-electron chi connectivity index (χ3n) is 3.97. The Labute approximate surface area is 109 Å². The third kappa shape index (κ3) is 3.69. The van der Waals surface area contributed by atoms with Crippen LogP contribution < -0.4 is 5.32 Å². The molecule has 1 aliphatic heterocycles. The lowest BCUT2D eigenvalue weighted by Gasteiger charge is -2.39. The van der Waals surface area contributed by atoms with Gasteiger partial charge >= 0.3 is 5.97 Å². The van der Waals surface area contributed by atoms with Gasteiger partial charge in [0.25, 0.3) is 0 Å². The summed E-state index contributed by atoms with van der Waals surface area (Å²) in [7, 11) is 0. The second-order valence-electron chi connectivity index (χ2n) is 6.37. The van der Waals surface area contributed by atoms with Crippen LogP contribution in [0, 0.1) is 11.8 Å². The van der Waals surface area contributed by atoms with Crippen molar-refractivity contribution in [2.24, 2.45) is 11.8 Å². The van der Waals surface area contributed by atoms with Crippen LogP contribution in [-0.2, 0) is 14.3 Å². The van der Waals surface area contributed by atoms with Crippen LogP contribution in [0.2, 0.25) is 0 Å². The molecule has 0 aromatic rings. The molecule has 18 heavy (non-hydrogen) atoms. The molecule has 0 radical (unpaired) electrons. The SMILES string of the molecule is CC1CC(C)CC(OC(=O)COC2(C)CNC2)C1. The summed E-state index contributed by atoms with van der Waals surface area (Å²) >= 11 is 0. The fourth-order valence-corrected chi connectivity index (χ4v) is 3.00. The highest BCUT2D eigenvalue weighted by Crippen LogP contribution is 2.30. The zero-order valence-corrected chi connectivity index (χ0v) is 11.7. The topological polar surface area (TPSA) is 47.6 Å². The molecule has 1 saturated carbocycles. The first-order valence-electron chi connectivity index (χ1n) is 7.01. The van der Waals surface area contributed by atoms with Crippen molar-refractivity contribution in [2.45, 2.75) is 51.7 Å². The van der Waals surface area contributed by atoms with Gasteiger partial charge < -0.3 is 14.8 Å². The Morgan fingerprint density at radius 3 is 2.33 bits per heavy atom. The molecule has 104 valence electrons. The van der Waals surface area contributed by atoms with E-state index in [9.17, 15) is 4.79 Å². The summed E-state index contributed by atoms with van der Waals surface area (Å²) < 4.78 is 11.1. The van der Waals surface area contributed by atoms with E-state index in [1.165, 1.54) is 6.42 Å². The van der Waals surface area contributed by atoms with E-state index in [0.717, 1.165) is 25.9 Å². The normalized spacial score (nSPS) is 34.7. The Morgan fingerprint density at radius 1 is 1.22 bits per heavy atom. The van der Waals surface area contributed by atoms with Crippen molar-refractivity contribution in [2.75, 3.05) is 19.7 Å². The van der Waals surface area contributed by atoms with Gasteiger partial charge in [-0.3, -0.25) is 0 Å². The van der Waals surface area contributed by atoms with Crippen LogP contribution in [0.25, 0.3) is 0 Å². The molecule has 4 heteroatoms. The summed E-state index contributed by atoms with van der Waals surface area (Å²) in [6.07, 6.45) is 3.32. The molecule has 1 heterocycles. The predicted octanol–water partition coefficient (Wildman–Crippen LogP) is 1.73. The van der Waals surface area contributed by atoms with Crippen molar-refractivity contribution in [3.8, 4) is 0 Å². The van der Waals surface area contributed by atoms with Crippen molar-refractivity contribution in [1.82, 2.24) is 5.32 Å². The van der Waals surface area contributed by atoms with Crippen molar-refractivity contribution < 1.29 is 14.3 Å². The molecule has 0 amide bonds. The van der Waals surface area contributed by atoms with Gasteiger partial charge in [0, 0.05) is 13.1 Å². The Morgan fingerprint density at radius 2 is 1.83 bits per heavy atom. The average Bonchev–Trinajstić information content (AvgIpc) is 2.22. The molecular weight excluding hydrogens is 230 g/mol. The maximum absolute atomic E-state index is 11.7. The Hall–Kier alpha value is -0.610. The molecule has 2 rings (SSSR count). The van der Waals surface area contributed by atoms with Crippen LogP contribution in [0.15, 0.2) is 0 Å². The monoisotopic (exact) mass is 255 g/mol. The van der Waals surface area contributed by atoms with Gasteiger partial charge in [-0.15, -0.1) is 0 Å². The molecule has 2 atom stereocenters. The molecule has 4 nitrogen and oxygen atoms in total. The number of ether oxygens (including phenoxy) is 2. The summed E-state index contributed by atoms with van der Waals surface area (Å²) in [5, 5.41) is 3.14. The van der Waals surface area contributed by atoms with Crippen LogP contribution in [0.1, 0.15) is 40.0 Å². The minimum absolute atomic E-state index is 0.0808. The van der Waals surface area contributed by atoms with E-state index in [1.807, 2.05) is 6.92 Å². The van der Waals surface area contributed by atoms with Gasteiger partial charge in [0.05, 0.1) is 5.60 Å². The highest BCUT2D eigenvalue weighted by molar-refractivity contribution is 5.71. The first-order chi connectivity index (χ1) is 8.47. The van der Waals surface area contributed by atoms with E-state index in [2.05, 4.69) is 19.2 Å². The molecule has 2 fully saturated rings. The van der Waals surface area contributed by atoms with Crippen LogP contribution in [0.3, 0.4) is 0 Å². The quantitative estimate of drug-likeness (QED) is 0.777. The van der Waals surface area contributed by atoms with Gasteiger partial charge in [0.2, 0.25) is 0 Å². The van der Waals surface area contributed by atoms with Crippen LogP contribution >= 0.6 is 0 Å². The minimum atomic E-state index is -0.213. The molecule has 1 saturated heterocycles. The van der Waals surface area contributed by atoms with Crippen LogP contribution in [-0.4, -0.2) is 37.4 Å². The number of carbonyl (C=O) groups excluding carboxylic acids is 1. The maximum atomic E-state index is 11.7. The smallest absolute Gasteiger partial charge is 0.332 e. The molecule has 0 spiro atoms. The van der Waals surface area contributed by atoms with E-state index >= 15 is 0 Å². The minimum Gasteiger partial charge on any atom is -0.461 e. The Balaban J connectivity index is 1.70. The molecule has 1 aliphatic carbocycles. The summed E-state index contributed by atoms with van der Waals surface area (Å²) in [5.74, 6) is 1.09. The largest absolute Gasteiger partial charge is 0.461 e. The van der Waals surface area contributed by atoms with Gasteiger partial charge in [0.1, 0.15) is 12.7 Å². The van der Waals surface area contributed by atoms with Crippen molar-refractivity contribution in [3.63, 3.8) is 0 Å². The van der Waals surface area contributed by atoms with Crippen molar-refractivity contribution in [1.29, 1.82) is 0 Å². The van der Waals surface area contributed by atoms with Gasteiger partial charge in [-0.25, -0.2) is 4.79 Å². The fraction of sp³-hybridized carbons (Fsp3) is 0.929. The number of hydrogen-bond acceptors (Lipinski definition) is 4. The second kappa shape index (κ2) is 5.57. The van der Waals surface area contributed by atoms with E-state index in [0.29, 0.717) is 11.8 Å². The van der Waals surface area contributed by atoms with Gasteiger partial charge in [-0.05, 0) is 38.0 Å². The standard InChI is InChI=1S/C14H25NO3/c1-10-4-11(2)6-12(5-10)18-13(16)7-17-14(3)8-15-9-14/h10-12,15H,4-9H2,1-3H3. The van der Waals surface area contributed by atoms with E-state index in [1.54, 1.807) is 0 Å². The number of esters is 1. The van der Waals surface area contributed by atoms with E-state index in [-0.39, 0.29) is 24.3 Å². The molecule has 1 N–H and O–H groups in total. The van der Waals surface area contributed by atoms with E-state index < -0.39 is 0 Å². The van der Waals surface area contributed by atoms with Crippen LogP contribution in [0.4, 0.5) is 0 Å². The second-order valence-corrected chi connectivity index (χ2v) is 6.37. The molecule has 0 aromatic carbocycles. The molecule has 2 unspecified atom stereocenters. The maximum Gasteiger partial charge on any atom is 0.332 e. The number of carbonyl (C=O) groups is 1. The predicted molar refractivity (Wildman–Crippen MR) is 69.3 cm³/mol. The van der Waals surface area contributed by atoms with E-state index in [4.69, 9.17) is 9.47 Å². The Bertz CT molecular complexity index is 291. The lowest BCUT2D eigenvalue weighted by Crippen LogP contribution is -2.59. The molecule has 2 aliphatic rings. The first kappa shape index (κ1) is 13.8. The summed E-state index contributed by atoms with van der Waals surface area (Å²) in [6.45, 7) is 8.19. The highest BCUT2D eigenvalue weighted by atomic mass is 16.6. The lowest BCUT2D eigenvalue weighted by atomic mass is 9.82. The first-order valence-corrected chi connectivity index (χ1v) is 7.01. The lowest BCUT2D eigenvalue weighted by molar-refractivity contribution is -0.166. The van der Waals surface area contributed by atoms with Crippen molar-refractivity contribution in [3.05, 3.63) is 0 Å². The van der Waals surface area contributed by atoms with Crippen LogP contribution in [0.5, 0.6) is 0 Å². The van der Waals surface area contributed by atoms with Gasteiger partial charge in [0.15, 0.2) is 0 Å². The summed E-state index contributed by atoms with van der Waals surface area (Å²) in [5.41, 5.74) is -0.174. The number of hydrogen-bond donors (Lipinski definition) is 1. The zero-order chi connectivity index (χ0) is 13.2. The number of nitrogens with one attached hydrogen (secondary N) is 1. The van der Waals surface area contributed by atoms with Crippen molar-refractivity contribution >= 4 is 5.97 Å². The average molecular weight is 255 g/mol. The fourth-order valence-electron chi connectivity index (χ4n) is 3.00. The number of rotatable bonds is 4. The Kier molecular flexibility index (Phi) is 4.28. The summed E-state index contributed by atoms with van der Waals surface area (Å²) in [6, 6.07) is 0. The third-order valence-corrected chi connectivity index (χ3v) is 3.97.